The number of unbranched alkanes of at least 4 members (excludes halogenated alkanes) is 18. The summed E-state index contributed by atoms with van der Waals surface area (Å²) in [4.78, 5) is 112. The van der Waals surface area contributed by atoms with Crippen LogP contribution in [0.3, 0.4) is 0 Å². The molecular weight excluding hydrogens is 1160 g/mol. The molecule has 2 amide bonds. The molecule has 90 heavy (non-hydrogen) atoms. The minimum Gasteiger partial charge on any atom is -0.466 e. The second-order valence-electron chi connectivity index (χ2n) is 25.3. The molecule has 21 nitrogen and oxygen atoms in total. The number of hydrogen-bond acceptors (Lipinski definition) is 19. The van der Waals surface area contributed by atoms with Gasteiger partial charge in [-0.05, 0) is 205 Å². The highest BCUT2D eigenvalue weighted by molar-refractivity contribution is 5.72. The topological polar surface area (TPSA) is 264 Å². The SMILES string of the molecule is CCCCCCCCCC(=O)OCC(CN1CC1C)OC(=O)NC1CCC(CC2CCC(NC(=O)OCCCCCCOC(=O)CCCCC(=O)OCCCCCCOC(=O)CCCCC(=O)OCCCCCCOC(=O)CCCCC(=O)OCC)CC2)CC1. The number of ether oxygens (including phenoxy) is 9. The van der Waals surface area contributed by atoms with Crippen molar-refractivity contribution >= 4 is 54.0 Å². The van der Waals surface area contributed by atoms with Crippen LogP contribution in [-0.4, -0.2) is 149 Å². The lowest BCUT2D eigenvalue weighted by molar-refractivity contribution is -0.147. The number of hydrogen-bond donors (Lipinski definition) is 2. The van der Waals surface area contributed by atoms with Gasteiger partial charge in [0.15, 0.2) is 6.10 Å². The number of amides is 2. The Kier molecular flexibility index (Phi) is 45.9. The molecule has 2 aliphatic carbocycles. The van der Waals surface area contributed by atoms with Crippen molar-refractivity contribution in [1.82, 2.24) is 15.5 Å². The van der Waals surface area contributed by atoms with Gasteiger partial charge in [-0.3, -0.25) is 38.5 Å². The summed E-state index contributed by atoms with van der Waals surface area (Å²) in [6.07, 6.45) is 30.7. The third-order valence-corrected chi connectivity index (χ3v) is 17.1. The second-order valence-corrected chi connectivity index (χ2v) is 25.3. The lowest BCUT2D eigenvalue weighted by atomic mass is 9.76. The molecule has 3 atom stereocenters. The highest BCUT2D eigenvalue weighted by Gasteiger charge is 2.34. The van der Waals surface area contributed by atoms with Gasteiger partial charge in [-0.2, -0.15) is 0 Å². The molecule has 0 spiro atoms. The molecule has 3 aliphatic rings. The summed E-state index contributed by atoms with van der Waals surface area (Å²) in [5.74, 6) is -0.601. The molecule has 3 rings (SSSR count). The van der Waals surface area contributed by atoms with Crippen LogP contribution in [0.25, 0.3) is 0 Å². The minimum absolute atomic E-state index is 0.0838. The van der Waals surface area contributed by atoms with Gasteiger partial charge in [0.1, 0.15) is 6.61 Å². The van der Waals surface area contributed by atoms with E-state index in [9.17, 15) is 43.2 Å². The average molecular weight is 1280 g/mol. The van der Waals surface area contributed by atoms with Crippen LogP contribution in [0, 0.1) is 11.8 Å². The fourth-order valence-electron chi connectivity index (χ4n) is 11.5. The molecule has 21 heteroatoms. The van der Waals surface area contributed by atoms with Gasteiger partial charge in [0.25, 0.3) is 0 Å². The van der Waals surface area contributed by atoms with E-state index < -0.39 is 12.2 Å². The summed E-state index contributed by atoms with van der Waals surface area (Å²) < 4.78 is 48.2. The zero-order chi connectivity index (χ0) is 65.1. The second kappa shape index (κ2) is 52.3. The zero-order valence-corrected chi connectivity index (χ0v) is 55.8. The third-order valence-electron chi connectivity index (χ3n) is 17.1. The Morgan fingerprint density at radius 1 is 0.367 bits per heavy atom. The van der Waals surface area contributed by atoms with Crippen molar-refractivity contribution in [2.75, 3.05) is 65.9 Å². The zero-order valence-electron chi connectivity index (χ0n) is 55.8. The van der Waals surface area contributed by atoms with Gasteiger partial charge >= 0.3 is 54.0 Å². The van der Waals surface area contributed by atoms with Crippen molar-refractivity contribution in [3.63, 3.8) is 0 Å². The first-order chi connectivity index (χ1) is 43.7. The minimum atomic E-state index is -0.488. The Morgan fingerprint density at radius 3 is 1.02 bits per heavy atom. The molecule has 3 fully saturated rings. The first kappa shape index (κ1) is 79.0. The van der Waals surface area contributed by atoms with E-state index >= 15 is 0 Å². The summed E-state index contributed by atoms with van der Waals surface area (Å²) in [5.41, 5.74) is 0. The Bertz CT molecular complexity index is 1980. The number of rotatable bonds is 54. The number of nitrogens with zero attached hydrogens (tertiary/aromatic N) is 1. The van der Waals surface area contributed by atoms with Crippen molar-refractivity contribution in [1.29, 1.82) is 0 Å². The summed E-state index contributed by atoms with van der Waals surface area (Å²) in [7, 11) is 0. The van der Waals surface area contributed by atoms with E-state index in [0.717, 1.165) is 141 Å². The lowest BCUT2D eigenvalue weighted by Gasteiger charge is -2.34. The maximum absolute atomic E-state index is 13.0. The van der Waals surface area contributed by atoms with Crippen LogP contribution in [0.1, 0.15) is 284 Å². The van der Waals surface area contributed by atoms with Crippen LogP contribution in [0.15, 0.2) is 0 Å². The van der Waals surface area contributed by atoms with E-state index in [2.05, 4.69) is 29.4 Å². The van der Waals surface area contributed by atoms with Gasteiger partial charge < -0.3 is 53.3 Å². The van der Waals surface area contributed by atoms with Crippen LogP contribution in [0.5, 0.6) is 0 Å². The maximum atomic E-state index is 13.0. The van der Waals surface area contributed by atoms with Gasteiger partial charge in [-0.15, -0.1) is 0 Å². The van der Waals surface area contributed by atoms with E-state index in [1.807, 2.05) is 0 Å². The Morgan fingerprint density at radius 2 is 0.667 bits per heavy atom. The smallest absolute Gasteiger partial charge is 0.407 e. The molecule has 1 aliphatic heterocycles. The summed E-state index contributed by atoms with van der Waals surface area (Å²) in [5, 5.41) is 6.17. The molecule has 1 saturated heterocycles. The Labute approximate surface area is 539 Å². The molecule has 1 heterocycles. The molecule has 0 aromatic rings. The number of carbonyl (C=O) groups excluding carboxylic acids is 9. The highest BCUT2D eigenvalue weighted by Crippen LogP contribution is 2.36. The fourth-order valence-corrected chi connectivity index (χ4v) is 11.5. The van der Waals surface area contributed by atoms with Crippen LogP contribution in [0.2, 0.25) is 0 Å². The fraction of sp³-hybridized carbons (Fsp3) is 0.870. The monoisotopic (exact) mass is 1280 g/mol. The number of alkyl carbamates (subject to hydrolysis) is 2. The van der Waals surface area contributed by atoms with Gasteiger partial charge in [0.05, 0.1) is 46.2 Å². The van der Waals surface area contributed by atoms with Crippen LogP contribution in [-0.2, 0) is 76.2 Å². The van der Waals surface area contributed by atoms with Crippen molar-refractivity contribution in [2.45, 2.75) is 308 Å². The molecule has 0 aromatic carbocycles. The van der Waals surface area contributed by atoms with Crippen molar-refractivity contribution < 1.29 is 85.8 Å². The first-order valence-corrected chi connectivity index (χ1v) is 35.5. The predicted molar refractivity (Wildman–Crippen MR) is 341 cm³/mol. The molecule has 0 bridgehead atoms. The Balaban J connectivity index is 1.03. The molecule has 0 radical (unpaired) electrons. The standard InChI is InChI=1S/C69H119N3O18/c1-4-6-7-8-9-10-17-30-67(79)89-54-60(53-72-52-55(72)3)90-69(81)71-59-43-39-57(40-44-59)51-56-37-41-58(42-38-56)70-68(80)88-50-29-16-15-28-49-87-66(78)36-23-22-35-65(77)86-48-27-14-13-26-47-85-64(76)34-21-20-33-63(75)84-46-25-12-11-24-45-83-62(74)32-19-18-31-61(73)82-5-2/h55-60H,4-54H2,1-3H3,(H,70,80)(H,71,81). The van der Waals surface area contributed by atoms with Crippen LogP contribution >= 0.6 is 0 Å². The highest BCUT2D eigenvalue weighted by atomic mass is 16.6. The van der Waals surface area contributed by atoms with Crippen molar-refractivity contribution in [3.8, 4) is 0 Å². The van der Waals surface area contributed by atoms with Crippen molar-refractivity contribution in [2.24, 2.45) is 11.8 Å². The normalized spacial score (nSPS) is 18.9. The van der Waals surface area contributed by atoms with Gasteiger partial charge in [0, 0.05) is 76.2 Å². The maximum Gasteiger partial charge on any atom is 0.407 e. The third kappa shape index (κ3) is 44.3. The van der Waals surface area contributed by atoms with Crippen LogP contribution < -0.4 is 10.6 Å². The molecule has 518 valence electrons. The average Bonchev–Trinajstić information content (AvgIpc) is 1.95. The first-order valence-electron chi connectivity index (χ1n) is 35.5. The molecule has 2 saturated carbocycles. The van der Waals surface area contributed by atoms with E-state index in [1.54, 1.807) is 6.92 Å². The molecule has 3 unspecified atom stereocenters. The predicted octanol–water partition coefficient (Wildman–Crippen LogP) is 13.3. The van der Waals surface area contributed by atoms with E-state index in [1.165, 1.54) is 32.1 Å². The van der Waals surface area contributed by atoms with E-state index in [4.69, 9.17) is 42.6 Å². The lowest BCUT2D eigenvalue weighted by Crippen LogP contribution is -2.42. The molecular formula is C69H119N3O18. The van der Waals surface area contributed by atoms with Gasteiger partial charge in [0.2, 0.25) is 0 Å². The largest absolute Gasteiger partial charge is 0.466 e. The number of esters is 7. The summed E-state index contributed by atoms with van der Waals surface area (Å²) in [6.45, 7) is 10.1. The molecule has 0 aromatic heterocycles. The summed E-state index contributed by atoms with van der Waals surface area (Å²) >= 11 is 0. The van der Waals surface area contributed by atoms with E-state index in [0.29, 0.717) is 135 Å². The number of nitrogens with one attached hydrogen (secondary N) is 2. The quantitative estimate of drug-likeness (QED) is 0.0248. The van der Waals surface area contributed by atoms with Crippen LogP contribution in [0.4, 0.5) is 9.59 Å². The molecule has 2 N–H and O–H groups in total. The number of carbonyl (C=O) groups is 9. The van der Waals surface area contributed by atoms with Crippen molar-refractivity contribution in [3.05, 3.63) is 0 Å². The Hall–Kier alpha value is -5.21. The summed E-state index contributed by atoms with van der Waals surface area (Å²) in [6, 6.07) is 0.665. The van der Waals surface area contributed by atoms with Gasteiger partial charge in [-0.25, -0.2) is 9.59 Å². The van der Waals surface area contributed by atoms with E-state index in [-0.39, 0.29) is 98.7 Å². The van der Waals surface area contributed by atoms with Gasteiger partial charge in [-0.1, -0.05) is 45.4 Å².